The molecular weight excluding hydrogens is 492 g/mol. The maximum atomic E-state index is 12.3. The number of aliphatic carboxylic acids is 2. The van der Waals surface area contributed by atoms with Crippen LogP contribution >= 0.6 is 27.5 Å². The number of benzene rings is 2. The molecule has 0 radical (unpaired) electrons. The van der Waals surface area contributed by atoms with E-state index in [4.69, 9.17) is 36.1 Å². The van der Waals surface area contributed by atoms with E-state index < -0.39 is 11.9 Å². The third kappa shape index (κ3) is 8.56. The number of amides is 1. The first kappa shape index (κ1) is 24.6. The highest BCUT2D eigenvalue weighted by Crippen LogP contribution is 2.18. The highest BCUT2D eigenvalue weighted by atomic mass is 79.9. The quantitative estimate of drug-likeness (QED) is 0.592. The van der Waals surface area contributed by atoms with Crippen LogP contribution in [0.1, 0.15) is 5.56 Å². The second-order valence-electron chi connectivity index (χ2n) is 6.60. The first-order valence-corrected chi connectivity index (χ1v) is 10.5. The number of hydrogen-bond acceptors (Lipinski definition) is 5. The summed E-state index contributed by atoms with van der Waals surface area (Å²) in [7, 11) is 0. The highest BCUT2D eigenvalue weighted by molar-refractivity contribution is 9.10. The highest BCUT2D eigenvalue weighted by Gasteiger charge is 2.21. The van der Waals surface area contributed by atoms with Gasteiger partial charge in [0.2, 0.25) is 0 Å². The molecule has 0 bridgehead atoms. The van der Waals surface area contributed by atoms with Crippen LogP contribution in [-0.2, 0) is 20.9 Å². The van der Waals surface area contributed by atoms with Gasteiger partial charge in [0.25, 0.3) is 5.91 Å². The van der Waals surface area contributed by atoms with Crippen molar-refractivity contribution in [3.63, 3.8) is 0 Å². The fourth-order valence-corrected chi connectivity index (χ4v) is 3.25. The molecule has 2 N–H and O–H groups in total. The zero-order chi connectivity index (χ0) is 22.8. The molecular formula is C21H22BrClN2O6. The number of carboxylic acids is 2. The predicted octanol–water partition coefficient (Wildman–Crippen LogP) is 2.98. The largest absolute Gasteiger partial charge is 0.484 e. The van der Waals surface area contributed by atoms with Gasteiger partial charge in [-0.15, -0.1) is 0 Å². The fourth-order valence-electron chi connectivity index (χ4n) is 2.79. The van der Waals surface area contributed by atoms with Crippen LogP contribution < -0.4 is 4.74 Å². The Balaban J connectivity index is 0.000000501. The van der Waals surface area contributed by atoms with Gasteiger partial charge in [-0.25, -0.2) is 9.59 Å². The Kier molecular flexibility index (Phi) is 9.77. The van der Waals surface area contributed by atoms with Crippen LogP contribution in [0.2, 0.25) is 5.02 Å². The van der Waals surface area contributed by atoms with Gasteiger partial charge in [0.15, 0.2) is 6.61 Å². The molecule has 0 aromatic heterocycles. The van der Waals surface area contributed by atoms with Crippen LogP contribution in [0.4, 0.5) is 0 Å². The third-order valence-corrected chi connectivity index (χ3v) is 5.33. The summed E-state index contributed by atoms with van der Waals surface area (Å²) >= 11 is 9.60. The molecule has 0 aliphatic carbocycles. The molecule has 0 spiro atoms. The molecule has 3 rings (SSSR count). The standard InChI is InChI=1S/C19H20BrClN2O2.C2H2O4/c20-16-5-7-17(8-6-16)25-14-19(24)23-11-9-22(10-12-23)13-15-3-1-2-4-18(15)21;3-1(4)2(5)6/h1-8H,9-14H2;(H,3,4)(H,5,6). The van der Waals surface area contributed by atoms with Gasteiger partial charge in [-0.3, -0.25) is 9.69 Å². The van der Waals surface area contributed by atoms with Gasteiger partial charge in [-0.1, -0.05) is 45.7 Å². The van der Waals surface area contributed by atoms with Gasteiger partial charge < -0.3 is 19.8 Å². The molecule has 0 saturated carbocycles. The summed E-state index contributed by atoms with van der Waals surface area (Å²) in [6.45, 7) is 4.01. The van der Waals surface area contributed by atoms with E-state index in [2.05, 4.69) is 20.8 Å². The molecule has 1 amide bonds. The van der Waals surface area contributed by atoms with E-state index in [1.165, 1.54) is 0 Å². The van der Waals surface area contributed by atoms with Crippen LogP contribution in [0.3, 0.4) is 0 Å². The minimum atomic E-state index is -1.82. The van der Waals surface area contributed by atoms with Crippen molar-refractivity contribution in [2.75, 3.05) is 32.8 Å². The van der Waals surface area contributed by atoms with Gasteiger partial charge in [-0.2, -0.15) is 0 Å². The first-order chi connectivity index (χ1) is 14.8. The monoisotopic (exact) mass is 512 g/mol. The molecule has 1 heterocycles. The van der Waals surface area contributed by atoms with E-state index in [0.717, 1.165) is 34.7 Å². The number of nitrogens with zero attached hydrogens (tertiary/aromatic N) is 2. The Labute approximate surface area is 193 Å². The summed E-state index contributed by atoms with van der Waals surface area (Å²) in [5.74, 6) is -2.92. The zero-order valence-corrected chi connectivity index (χ0v) is 18.9. The van der Waals surface area contributed by atoms with Gasteiger partial charge in [0.05, 0.1) is 0 Å². The first-order valence-electron chi connectivity index (χ1n) is 9.34. The molecule has 1 fully saturated rings. The van der Waals surface area contributed by atoms with Crippen LogP contribution in [0.15, 0.2) is 53.0 Å². The van der Waals surface area contributed by atoms with E-state index in [9.17, 15) is 4.79 Å². The summed E-state index contributed by atoms with van der Waals surface area (Å²) in [5.41, 5.74) is 1.13. The number of carboxylic acid groups (broad SMARTS) is 2. The number of ether oxygens (including phenoxy) is 1. The average molecular weight is 514 g/mol. The van der Waals surface area contributed by atoms with Crippen molar-refractivity contribution < 1.29 is 29.3 Å². The number of halogens is 2. The van der Waals surface area contributed by atoms with Crippen molar-refractivity contribution in [2.45, 2.75) is 6.54 Å². The van der Waals surface area contributed by atoms with Crippen molar-refractivity contribution in [3.8, 4) is 5.75 Å². The van der Waals surface area contributed by atoms with Crippen LogP contribution in [-0.4, -0.2) is 70.6 Å². The molecule has 0 unspecified atom stereocenters. The van der Waals surface area contributed by atoms with Crippen LogP contribution in [0.25, 0.3) is 0 Å². The molecule has 2 aromatic carbocycles. The Morgan fingerprint density at radius 2 is 1.52 bits per heavy atom. The number of piperazine rings is 1. The topological polar surface area (TPSA) is 107 Å². The fraction of sp³-hybridized carbons (Fsp3) is 0.286. The van der Waals surface area contributed by atoms with E-state index in [-0.39, 0.29) is 12.5 Å². The maximum absolute atomic E-state index is 12.3. The third-order valence-electron chi connectivity index (χ3n) is 4.44. The summed E-state index contributed by atoms with van der Waals surface area (Å²) in [6, 6.07) is 15.4. The summed E-state index contributed by atoms with van der Waals surface area (Å²) in [4.78, 5) is 34.7. The molecule has 1 saturated heterocycles. The van der Waals surface area contributed by atoms with Crippen LogP contribution in [0, 0.1) is 0 Å². The average Bonchev–Trinajstić information content (AvgIpc) is 2.75. The Hall–Kier alpha value is -2.62. The molecule has 8 nitrogen and oxygen atoms in total. The SMILES string of the molecule is O=C(COc1ccc(Br)cc1)N1CCN(Cc2ccccc2Cl)CC1.O=C(O)C(=O)O. The van der Waals surface area contributed by atoms with Gasteiger partial charge in [-0.05, 0) is 35.9 Å². The summed E-state index contributed by atoms with van der Waals surface area (Å²) in [5, 5.41) is 15.6. The molecule has 166 valence electrons. The molecule has 1 aliphatic rings. The Bertz CT molecular complexity index is 889. The number of hydrogen-bond donors (Lipinski definition) is 2. The lowest BCUT2D eigenvalue weighted by Crippen LogP contribution is -2.49. The molecule has 2 aromatic rings. The van der Waals surface area contributed by atoms with E-state index in [1.54, 1.807) is 0 Å². The predicted molar refractivity (Wildman–Crippen MR) is 118 cm³/mol. The zero-order valence-electron chi connectivity index (χ0n) is 16.5. The van der Waals surface area contributed by atoms with Crippen molar-refractivity contribution in [1.29, 1.82) is 0 Å². The number of carbonyl (C=O) groups is 3. The lowest BCUT2D eigenvalue weighted by molar-refractivity contribution is -0.159. The van der Waals surface area contributed by atoms with Crippen molar-refractivity contribution >= 4 is 45.4 Å². The maximum Gasteiger partial charge on any atom is 0.414 e. The lowest BCUT2D eigenvalue weighted by Gasteiger charge is -2.34. The summed E-state index contributed by atoms with van der Waals surface area (Å²) in [6.07, 6.45) is 0. The Morgan fingerprint density at radius 3 is 2.06 bits per heavy atom. The van der Waals surface area contributed by atoms with Crippen molar-refractivity contribution in [1.82, 2.24) is 9.80 Å². The number of rotatable bonds is 5. The minimum Gasteiger partial charge on any atom is -0.484 e. The second kappa shape index (κ2) is 12.3. The second-order valence-corrected chi connectivity index (χ2v) is 7.92. The number of carbonyl (C=O) groups excluding carboxylic acids is 1. The molecule has 0 atom stereocenters. The van der Waals surface area contributed by atoms with Gasteiger partial charge in [0.1, 0.15) is 5.75 Å². The van der Waals surface area contributed by atoms with E-state index in [1.807, 2.05) is 53.4 Å². The Morgan fingerprint density at radius 1 is 0.935 bits per heavy atom. The minimum absolute atomic E-state index is 0.0281. The smallest absolute Gasteiger partial charge is 0.414 e. The van der Waals surface area contributed by atoms with Gasteiger partial charge in [0, 0.05) is 42.2 Å². The van der Waals surface area contributed by atoms with E-state index >= 15 is 0 Å². The molecule has 1 aliphatic heterocycles. The van der Waals surface area contributed by atoms with Crippen molar-refractivity contribution in [3.05, 3.63) is 63.6 Å². The van der Waals surface area contributed by atoms with Gasteiger partial charge >= 0.3 is 11.9 Å². The van der Waals surface area contributed by atoms with E-state index in [0.29, 0.717) is 18.8 Å². The van der Waals surface area contributed by atoms with Crippen molar-refractivity contribution in [2.24, 2.45) is 0 Å². The van der Waals surface area contributed by atoms with Crippen LogP contribution in [0.5, 0.6) is 5.75 Å². The molecule has 10 heteroatoms. The molecule has 31 heavy (non-hydrogen) atoms. The lowest BCUT2D eigenvalue weighted by atomic mass is 10.2. The normalized spacial score (nSPS) is 13.7. The summed E-state index contributed by atoms with van der Waals surface area (Å²) < 4.78 is 6.56.